The molecule has 0 aliphatic carbocycles. The SMILES string of the molecule is CCOc1cc(N)cc(C(=O)N2CCOCC2)c1. The van der Waals surface area contributed by atoms with Crippen molar-refractivity contribution in [2.45, 2.75) is 6.92 Å². The molecule has 2 rings (SSSR count). The second kappa shape index (κ2) is 5.73. The Balaban J connectivity index is 2.18. The van der Waals surface area contributed by atoms with Crippen molar-refractivity contribution in [1.82, 2.24) is 4.90 Å². The van der Waals surface area contributed by atoms with E-state index in [0.717, 1.165) is 0 Å². The molecule has 0 spiro atoms. The summed E-state index contributed by atoms with van der Waals surface area (Å²) in [6.07, 6.45) is 0. The van der Waals surface area contributed by atoms with Gasteiger partial charge in [0.25, 0.3) is 5.91 Å². The fraction of sp³-hybridized carbons (Fsp3) is 0.462. The highest BCUT2D eigenvalue weighted by Crippen LogP contribution is 2.20. The van der Waals surface area contributed by atoms with Gasteiger partial charge in [-0.25, -0.2) is 0 Å². The van der Waals surface area contributed by atoms with Crippen LogP contribution in [0.25, 0.3) is 0 Å². The van der Waals surface area contributed by atoms with Gasteiger partial charge >= 0.3 is 0 Å². The molecule has 0 aromatic heterocycles. The summed E-state index contributed by atoms with van der Waals surface area (Å²) in [4.78, 5) is 14.0. The third-order valence-corrected chi connectivity index (χ3v) is 2.79. The van der Waals surface area contributed by atoms with Gasteiger partial charge in [0.05, 0.1) is 19.8 Å². The molecule has 5 nitrogen and oxygen atoms in total. The molecule has 1 heterocycles. The van der Waals surface area contributed by atoms with Crippen molar-refractivity contribution >= 4 is 11.6 Å². The van der Waals surface area contributed by atoms with E-state index in [1.807, 2.05) is 6.92 Å². The van der Waals surface area contributed by atoms with Gasteiger partial charge < -0.3 is 20.1 Å². The third kappa shape index (κ3) is 2.92. The average Bonchev–Trinajstić information content (AvgIpc) is 2.38. The fourth-order valence-electron chi connectivity index (χ4n) is 1.94. The lowest BCUT2D eigenvalue weighted by Gasteiger charge is -2.27. The van der Waals surface area contributed by atoms with Gasteiger partial charge in [0.1, 0.15) is 5.75 Å². The predicted molar refractivity (Wildman–Crippen MR) is 68.7 cm³/mol. The maximum Gasteiger partial charge on any atom is 0.254 e. The minimum Gasteiger partial charge on any atom is -0.494 e. The van der Waals surface area contributed by atoms with E-state index < -0.39 is 0 Å². The normalized spacial score (nSPS) is 15.5. The van der Waals surface area contributed by atoms with Crippen LogP contribution in [0.3, 0.4) is 0 Å². The highest BCUT2D eigenvalue weighted by Gasteiger charge is 2.19. The molecular formula is C13H18N2O3. The zero-order valence-corrected chi connectivity index (χ0v) is 10.5. The number of morpholine rings is 1. The van der Waals surface area contributed by atoms with Gasteiger partial charge in [-0.05, 0) is 19.1 Å². The molecule has 1 fully saturated rings. The number of hydrogen-bond acceptors (Lipinski definition) is 4. The van der Waals surface area contributed by atoms with Crippen LogP contribution in [-0.2, 0) is 4.74 Å². The highest BCUT2D eigenvalue weighted by atomic mass is 16.5. The van der Waals surface area contributed by atoms with Gasteiger partial charge in [-0.1, -0.05) is 0 Å². The molecule has 2 N–H and O–H groups in total. The van der Waals surface area contributed by atoms with E-state index in [1.165, 1.54) is 0 Å². The van der Waals surface area contributed by atoms with E-state index in [4.69, 9.17) is 15.2 Å². The minimum atomic E-state index is -0.0217. The molecule has 1 aromatic carbocycles. The Morgan fingerprint density at radius 1 is 1.39 bits per heavy atom. The summed E-state index contributed by atoms with van der Waals surface area (Å²) in [5, 5.41) is 0. The lowest BCUT2D eigenvalue weighted by atomic mass is 10.1. The van der Waals surface area contributed by atoms with Gasteiger partial charge in [0, 0.05) is 30.4 Å². The number of anilines is 1. The molecule has 0 bridgehead atoms. The van der Waals surface area contributed by atoms with Gasteiger partial charge in [0.15, 0.2) is 0 Å². The molecule has 0 unspecified atom stereocenters. The van der Waals surface area contributed by atoms with Gasteiger partial charge in [-0.2, -0.15) is 0 Å². The Morgan fingerprint density at radius 3 is 2.78 bits per heavy atom. The van der Waals surface area contributed by atoms with Crippen molar-refractivity contribution in [1.29, 1.82) is 0 Å². The van der Waals surface area contributed by atoms with Crippen LogP contribution in [0.15, 0.2) is 18.2 Å². The number of nitrogens with two attached hydrogens (primary N) is 1. The maximum absolute atomic E-state index is 12.3. The molecular weight excluding hydrogens is 232 g/mol. The summed E-state index contributed by atoms with van der Waals surface area (Å²) in [7, 11) is 0. The maximum atomic E-state index is 12.3. The number of nitrogen functional groups attached to an aromatic ring is 1. The topological polar surface area (TPSA) is 64.8 Å². The van der Waals surface area contributed by atoms with Gasteiger partial charge in [-0.3, -0.25) is 4.79 Å². The standard InChI is InChI=1S/C13H18N2O3/c1-2-18-12-8-10(7-11(14)9-12)13(16)15-3-5-17-6-4-15/h7-9H,2-6,14H2,1H3. The van der Waals surface area contributed by atoms with Crippen LogP contribution < -0.4 is 10.5 Å². The molecule has 1 aromatic rings. The third-order valence-electron chi connectivity index (χ3n) is 2.79. The smallest absolute Gasteiger partial charge is 0.254 e. The average molecular weight is 250 g/mol. The summed E-state index contributed by atoms with van der Waals surface area (Å²) in [6, 6.07) is 5.14. The number of carbonyl (C=O) groups is 1. The second-order valence-corrected chi connectivity index (χ2v) is 4.13. The lowest BCUT2D eigenvalue weighted by molar-refractivity contribution is 0.0302. The van der Waals surface area contributed by atoms with Crippen molar-refractivity contribution in [2.24, 2.45) is 0 Å². The molecule has 5 heteroatoms. The molecule has 0 radical (unpaired) electrons. The number of rotatable bonds is 3. The molecule has 0 atom stereocenters. The number of ether oxygens (including phenoxy) is 2. The van der Waals surface area contributed by atoms with E-state index in [9.17, 15) is 4.79 Å². The van der Waals surface area contributed by atoms with Crippen molar-refractivity contribution in [2.75, 3.05) is 38.6 Å². The van der Waals surface area contributed by atoms with Crippen molar-refractivity contribution < 1.29 is 14.3 Å². The number of benzene rings is 1. The van der Waals surface area contributed by atoms with Gasteiger partial charge in [-0.15, -0.1) is 0 Å². The van der Waals surface area contributed by atoms with Crippen molar-refractivity contribution in [3.8, 4) is 5.75 Å². The largest absolute Gasteiger partial charge is 0.494 e. The Labute approximate surface area is 106 Å². The first-order chi connectivity index (χ1) is 8.70. The Hall–Kier alpha value is -1.75. The Bertz CT molecular complexity index is 428. The first-order valence-electron chi connectivity index (χ1n) is 6.11. The Morgan fingerprint density at radius 2 is 2.11 bits per heavy atom. The van der Waals surface area contributed by atoms with Crippen LogP contribution in [0, 0.1) is 0 Å². The van der Waals surface area contributed by atoms with E-state index in [2.05, 4.69) is 0 Å². The van der Waals surface area contributed by atoms with E-state index in [-0.39, 0.29) is 5.91 Å². The number of nitrogens with zero attached hydrogens (tertiary/aromatic N) is 1. The van der Waals surface area contributed by atoms with Crippen LogP contribution in [0.5, 0.6) is 5.75 Å². The van der Waals surface area contributed by atoms with Gasteiger partial charge in [0.2, 0.25) is 0 Å². The predicted octanol–water partition coefficient (Wildman–Crippen LogP) is 1.14. The van der Waals surface area contributed by atoms with Crippen LogP contribution in [0.1, 0.15) is 17.3 Å². The number of amides is 1. The van der Waals surface area contributed by atoms with Crippen LogP contribution in [-0.4, -0.2) is 43.7 Å². The van der Waals surface area contributed by atoms with Crippen molar-refractivity contribution in [3.63, 3.8) is 0 Å². The zero-order chi connectivity index (χ0) is 13.0. The van der Waals surface area contributed by atoms with E-state index in [0.29, 0.717) is 49.9 Å². The second-order valence-electron chi connectivity index (χ2n) is 4.13. The lowest BCUT2D eigenvalue weighted by Crippen LogP contribution is -2.40. The number of hydrogen-bond donors (Lipinski definition) is 1. The summed E-state index contributed by atoms with van der Waals surface area (Å²) in [6.45, 7) is 4.87. The summed E-state index contributed by atoms with van der Waals surface area (Å²) >= 11 is 0. The first-order valence-corrected chi connectivity index (χ1v) is 6.11. The van der Waals surface area contributed by atoms with E-state index >= 15 is 0 Å². The van der Waals surface area contributed by atoms with Crippen LogP contribution in [0.2, 0.25) is 0 Å². The molecule has 0 saturated carbocycles. The molecule has 1 aliphatic rings. The molecule has 1 saturated heterocycles. The van der Waals surface area contributed by atoms with Crippen LogP contribution >= 0.6 is 0 Å². The zero-order valence-electron chi connectivity index (χ0n) is 10.5. The first kappa shape index (κ1) is 12.7. The van der Waals surface area contributed by atoms with Crippen LogP contribution in [0.4, 0.5) is 5.69 Å². The molecule has 98 valence electrons. The Kier molecular flexibility index (Phi) is 4.04. The highest BCUT2D eigenvalue weighted by molar-refractivity contribution is 5.95. The van der Waals surface area contributed by atoms with Crippen molar-refractivity contribution in [3.05, 3.63) is 23.8 Å². The summed E-state index contributed by atoms with van der Waals surface area (Å²) in [5.41, 5.74) is 6.89. The molecule has 1 aliphatic heterocycles. The summed E-state index contributed by atoms with van der Waals surface area (Å²) in [5.74, 6) is 0.612. The quantitative estimate of drug-likeness (QED) is 0.817. The molecule has 18 heavy (non-hydrogen) atoms. The fourth-order valence-corrected chi connectivity index (χ4v) is 1.94. The van der Waals surface area contributed by atoms with E-state index in [1.54, 1.807) is 23.1 Å². The number of carbonyl (C=O) groups excluding carboxylic acids is 1. The minimum absolute atomic E-state index is 0.0217. The monoisotopic (exact) mass is 250 g/mol. The molecule has 1 amide bonds. The summed E-state index contributed by atoms with van der Waals surface area (Å²) < 4.78 is 10.6.